The van der Waals surface area contributed by atoms with E-state index in [-0.39, 0.29) is 13.2 Å². The summed E-state index contributed by atoms with van der Waals surface area (Å²) in [6, 6.07) is 13.0. The van der Waals surface area contributed by atoms with E-state index in [2.05, 4.69) is 43.0 Å². The fourth-order valence-electron chi connectivity index (χ4n) is 2.81. The number of benzene rings is 2. The van der Waals surface area contributed by atoms with E-state index in [4.69, 9.17) is 14.9 Å². The summed E-state index contributed by atoms with van der Waals surface area (Å²) in [5.41, 5.74) is 2.20. The van der Waals surface area contributed by atoms with Gasteiger partial charge in [0.25, 0.3) is 0 Å². The second-order valence-corrected chi connectivity index (χ2v) is 7.79. The average molecular weight is 535 g/mol. The highest BCUT2D eigenvalue weighted by atomic mass is 127. The zero-order valence-corrected chi connectivity index (χ0v) is 18.3. The molecular formula is C20H18IN5O5. The molecule has 0 bridgehead atoms. The highest BCUT2D eigenvalue weighted by Gasteiger charge is 2.17. The van der Waals surface area contributed by atoms with Crippen LogP contribution in [0.5, 0.6) is 5.75 Å². The van der Waals surface area contributed by atoms with E-state index in [0.717, 1.165) is 9.13 Å². The maximum Gasteiger partial charge on any atom is 0.317 e. The van der Waals surface area contributed by atoms with E-state index < -0.39 is 25.0 Å². The molecule has 11 heteroatoms. The summed E-state index contributed by atoms with van der Waals surface area (Å²) in [7, 11) is 0. The fraction of sp³-hybridized carbons (Fsp3) is 0.200. The molecule has 0 atom stereocenters. The van der Waals surface area contributed by atoms with Crippen LogP contribution in [-0.4, -0.2) is 60.5 Å². The van der Waals surface area contributed by atoms with Crippen molar-refractivity contribution >= 4 is 34.5 Å². The third-order valence-corrected chi connectivity index (χ3v) is 4.87. The van der Waals surface area contributed by atoms with Crippen LogP contribution in [0.15, 0.2) is 48.8 Å². The maximum atomic E-state index is 11.1. The molecule has 0 aliphatic carbocycles. The van der Waals surface area contributed by atoms with Gasteiger partial charge in [-0.1, -0.05) is 24.3 Å². The van der Waals surface area contributed by atoms with E-state index in [1.54, 1.807) is 18.2 Å². The van der Waals surface area contributed by atoms with Crippen molar-refractivity contribution in [3.8, 4) is 17.1 Å². The molecule has 160 valence electrons. The molecule has 0 aliphatic heterocycles. The van der Waals surface area contributed by atoms with E-state index in [1.807, 2.05) is 24.3 Å². The van der Waals surface area contributed by atoms with Crippen LogP contribution in [0.3, 0.4) is 0 Å². The standard InChI is InChI=1S/C20H18IN5O5/c21-16-5-1-13(2-6-16)11-31-17-7-14(20-24-22-12-23-25-20)3-4-15(17)8-26(9-18(27)28)10-19(29)30/h1-7,12H,8-11H2,(H,27,28)(H,29,30). The molecule has 2 N–H and O–H groups in total. The van der Waals surface area contributed by atoms with Gasteiger partial charge < -0.3 is 14.9 Å². The Kier molecular flexibility index (Phi) is 7.78. The van der Waals surface area contributed by atoms with Gasteiger partial charge in [-0.2, -0.15) is 0 Å². The quantitative estimate of drug-likeness (QED) is 0.371. The second-order valence-electron chi connectivity index (χ2n) is 6.54. The molecule has 3 aromatic rings. The molecule has 1 heterocycles. The molecule has 2 aromatic carbocycles. The molecule has 1 aromatic heterocycles. The molecule has 0 fully saturated rings. The lowest BCUT2D eigenvalue weighted by Crippen LogP contribution is -2.34. The molecule has 0 spiro atoms. The third-order valence-electron chi connectivity index (χ3n) is 4.15. The van der Waals surface area contributed by atoms with Gasteiger partial charge in [0, 0.05) is 21.2 Å². The van der Waals surface area contributed by atoms with Gasteiger partial charge in [0.2, 0.25) is 5.82 Å². The summed E-state index contributed by atoms with van der Waals surface area (Å²) in [6.45, 7) is -0.481. The molecule has 0 radical (unpaired) electrons. The van der Waals surface area contributed by atoms with E-state index in [0.29, 0.717) is 22.7 Å². The van der Waals surface area contributed by atoms with Gasteiger partial charge in [-0.05, 0) is 46.4 Å². The van der Waals surface area contributed by atoms with Crippen molar-refractivity contribution in [1.29, 1.82) is 0 Å². The lowest BCUT2D eigenvalue weighted by molar-refractivity contribution is -0.142. The minimum Gasteiger partial charge on any atom is -0.489 e. The number of ether oxygens (including phenoxy) is 1. The first-order valence-corrected chi connectivity index (χ1v) is 10.2. The average Bonchev–Trinajstić information content (AvgIpc) is 2.74. The number of aliphatic carboxylic acids is 2. The topological polar surface area (TPSA) is 139 Å². The lowest BCUT2D eigenvalue weighted by Gasteiger charge is -2.20. The third kappa shape index (κ3) is 6.93. The van der Waals surface area contributed by atoms with Crippen molar-refractivity contribution in [2.24, 2.45) is 0 Å². The van der Waals surface area contributed by atoms with Gasteiger partial charge in [0.15, 0.2) is 6.33 Å². The summed E-state index contributed by atoms with van der Waals surface area (Å²) in [5, 5.41) is 33.6. The largest absolute Gasteiger partial charge is 0.489 e. The molecular weight excluding hydrogens is 517 g/mol. The maximum absolute atomic E-state index is 11.1. The summed E-state index contributed by atoms with van der Waals surface area (Å²) in [6.07, 6.45) is 1.22. The van der Waals surface area contributed by atoms with Crippen LogP contribution in [-0.2, 0) is 22.7 Å². The first-order chi connectivity index (χ1) is 14.9. The van der Waals surface area contributed by atoms with E-state index >= 15 is 0 Å². The van der Waals surface area contributed by atoms with Crippen LogP contribution in [0.25, 0.3) is 11.4 Å². The Morgan fingerprint density at radius 1 is 0.968 bits per heavy atom. The zero-order chi connectivity index (χ0) is 22.2. The second kappa shape index (κ2) is 10.7. The SMILES string of the molecule is O=C(O)CN(CC(=O)O)Cc1ccc(-c2nncnn2)cc1OCc1ccc(I)cc1. The number of carboxylic acids is 2. The highest BCUT2D eigenvalue weighted by Crippen LogP contribution is 2.27. The highest BCUT2D eigenvalue weighted by molar-refractivity contribution is 14.1. The Morgan fingerprint density at radius 2 is 1.61 bits per heavy atom. The minimum atomic E-state index is -1.12. The molecule has 0 amide bonds. The number of hydrogen-bond acceptors (Lipinski definition) is 8. The smallest absolute Gasteiger partial charge is 0.317 e. The summed E-state index contributed by atoms with van der Waals surface area (Å²) in [4.78, 5) is 23.6. The number of carboxylic acid groups (broad SMARTS) is 2. The Hall–Kier alpha value is -3.19. The zero-order valence-electron chi connectivity index (χ0n) is 16.2. The fourth-order valence-corrected chi connectivity index (χ4v) is 3.17. The molecule has 31 heavy (non-hydrogen) atoms. The monoisotopic (exact) mass is 535 g/mol. The van der Waals surface area contributed by atoms with Gasteiger partial charge in [-0.25, -0.2) is 0 Å². The lowest BCUT2D eigenvalue weighted by atomic mass is 10.1. The van der Waals surface area contributed by atoms with Crippen LogP contribution < -0.4 is 4.74 Å². The molecule has 0 unspecified atom stereocenters. The summed E-state index contributed by atoms with van der Waals surface area (Å²) in [5.74, 6) is -1.46. The van der Waals surface area contributed by atoms with Crippen molar-refractivity contribution in [1.82, 2.24) is 25.3 Å². The van der Waals surface area contributed by atoms with Crippen molar-refractivity contribution in [3.63, 3.8) is 0 Å². The Morgan fingerprint density at radius 3 is 2.23 bits per heavy atom. The van der Waals surface area contributed by atoms with Crippen LogP contribution >= 0.6 is 22.6 Å². The normalized spacial score (nSPS) is 10.8. The minimum absolute atomic E-state index is 0.0764. The van der Waals surface area contributed by atoms with Crippen LogP contribution in [0, 0.1) is 3.57 Å². The van der Waals surface area contributed by atoms with Crippen LogP contribution in [0.4, 0.5) is 0 Å². The van der Waals surface area contributed by atoms with Crippen LogP contribution in [0.2, 0.25) is 0 Å². The Balaban J connectivity index is 1.89. The molecule has 0 aliphatic rings. The predicted octanol–water partition coefficient (Wildman–Crippen LogP) is 2.09. The number of hydrogen-bond donors (Lipinski definition) is 2. The molecule has 0 saturated heterocycles. The number of halogens is 1. The van der Waals surface area contributed by atoms with Crippen molar-refractivity contribution in [2.75, 3.05) is 13.1 Å². The number of carbonyl (C=O) groups is 2. The van der Waals surface area contributed by atoms with Gasteiger partial charge in [0.1, 0.15) is 12.4 Å². The first-order valence-electron chi connectivity index (χ1n) is 9.07. The molecule has 10 nitrogen and oxygen atoms in total. The van der Waals surface area contributed by atoms with Crippen molar-refractivity contribution < 1.29 is 24.5 Å². The number of rotatable bonds is 10. The van der Waals surface area contributed by atoms with Gasteiger partial charge in [-0.15, -0.1) is 20.4 Å². The summed E-state index contributed by atoms with van der Waals surface area (Å²) >= 11 is 2.22. The predicted molar refractivity (Wildman–Crippen MR) is 117 cm³/mol. The Labute approximate surface area is 191 Å². The number of nitrogens with zero attached hydrogens (tertiary/aromatic N) is 5. The van der Waals surface area contributed by atoms with Crippen LogP contribution in [0.1, 0.15) is 11.1 Å². The van der Waals surface area contributed by atoms with Gasteiger partial charge >= 0.3 is 11.9 Å². The van der Waals surface area contributed by atoms with Gasteiger partial charge in [-0.3, -0.25) is 14.5 Å². The van der Waals surface area contributed by atoms with Gasteiger partial charge in [0.05, 0.1) is 13.1 Å². The molecule has 0 saturated carbocycles. The van der Waals surface area contributed by atoms with Crippen molar-refractivity contribution in [3.05, 3.63) is 63.5 Å². The van der Waals surface area contributed by atoms with E-state index in [1.165, 1.54) is 11.2 Å². The van der Waals surface area contributed by atoms with Crippen molar-refractivity contribution in [2.45, 2.75) is 13.2 Å². The summed E-state index contributed by atoms with van der Waals surface area (Å²) < 4.78 is 7.12. The number of aromatic nitrogens is 4. The van der Waals surface area contributed by atoms with E-state index in [9.17, 15) is 9.59 Å². The first kappa shape index (κ1) is 22.5. The Bertz CT molecular complexity index is 1030. The molecule has 3 rings (SSSR count).